The first-order valence-electron chi connectivity index (χ1n) is 7.44. The Morgan fingerprint density at radius 2 is 2.10 bits per heavy atom. The minimum Gasteiger partial charge on any atom is -0.494 e. The number of ether oxygens (including phenoxy) is 1. The first-order valence-corrected chi connectivity index (χ1v) is 7.44. The molecule has 2 rings (SSSR count). The number of piperidine rings is 1. The van der Waals surface area contributed by atoms with E-state index >= 15 is 0 Å². The van der Waals surface area contributed by atoms with Crippen LogP contribution < -0.4 is 15.0 Å². The number of nitrogens with zero attached hydrogens (tertiary/aromatic N) is 2. The molecular formula is C15H23N3O3. The normalized spacial score (nSPS) is 15.7. The lowest BCUT2D eigenvalue weighted by Crippen LogP contribution is -2.34. The van der Waals surface area contributed by atoms with Gasteiger partial charge >= 0.3 is 0 Å². The molecule has 116 valence electrons. The third-order valence-corrected chi connectivity index (χ3v) is 3.83. The molecule has 0 radical (unpaired) electrons. The Labute approximate surface area is 125 Å². The van der Waals surface area contributed by atoms with Gasteiger partial charge in [-0.05, 0) is 38.8 Å². The highest BCUT2D eigenvalue weighted by Gasteiger charge is 2.18. The number of nitro groups is 1. The summed E-state index contributed by atoms with van der Waals surface area (Å²) >= 11 is 0. The third-order valence-electron chi connectivity index (χ3n) is 3.83. The maximum absolute atomic E-state index is 11.0. The maximum Gasteiger partial charge on any atom is 0.275 e. The number of nitro benzene ring substituents is 1. The van der Waals surface area contributed by atoms with Gasteiger partial charge in [-0.25, -0.2) is 0 Å². The smallest absolute Gasteiger partial charge is 0.275 e. The zero-order valence-electron chi connectivity index (χ0n) is 12.7. The fourth-order valence-corrected chi connectivity index (χ4v) is 2.70. The average molecular weight is 293 g/mol. The largest absolute Gasteiger partial charge is 0.494 e. The minimum absolute atomic E-state index is 0.0770. The first-order chi connectivity index (χ1) is 10.1. The van der Waals surface area contributed by atoms with Crippen LogP contribution in [0.3, 0.4) is 0 Å². The lowest BCUT2D eigenvalue weighted by atomic mass is 9.97. The highest BCUT2D eigenvalue weighted by molar-refractivity contribution is 5.57. The molecule has 0 saturated carbocycles. The monoisotopic (exact) mass is 293 g/mol. The Kier molecular flexibility index (Phi) is 5.38. The van der Waals surface area contributed by atoms with E-state index in [-0.39, 0.29) is 10.6 Å². The molecule has 1 aliphatic heterocycles. The molecule has 21 heavy (non-hydrogen) atoms. The Bertz CT molecular complexity index is 487. The van der Waals surface area contributed by atoms with Gasteiger partial charge in [0.15, 0.2) is 0 Å². The fourth-order valence-electron chi connectivity index (χ4n) is 2.70. The molecule has 1 aromatic rings. The molecule has 6 nitrogen and oxygen atoms in total. The number of anilines is 1. The van der Waals surface area contributed by atoms with Crippen molar-refractivity contribution in [3.63, 3.8) is 0 Å². The summed E-state index contributed by atoms with van der Waals surface area (Å²) in [5.41, 5.74) is 0.916. The highest BCUT2D eigenvalue weighted by atomic mass is 16.6. The fraction of sp³-hybridized carbons (Fsp3) is 0.600. The second kappa shape index (κ2) is 7.26. The van der Waals surface area contributed by atoms with Crippen LogP contribution in [0.2, 0.25) is 0 Å². The zero-order chi connectivity index (χ0) is 15.2. The second-order valence-corrected chi connectivity index (χ2v) is 5.45. The standard InChI is InChI=1S/C15H23N3O3/c1-3-21-15-9-13(8-14(10-15)18(19)20)17(2)11-12-4-6-16-7-5-12/h8-10,12,16H,3-7,11H2,1-2H3. The van der Waals surface area contributed by atoms with Gasteiger partial charge in [-0.1, -0.05) is 0 Å². The van der Waals surface area contributed by atoms with Crippen molar-refractivity contribution in [1.29, 1.82) is 0 Å². The van der Waals surface area contributed by atoms with Crippen molar-refractivity contribution >= 4 is 11.4 Å². The van der Waals surface area contributed by atoms with E-state index in [0.717, 1.165) is 38.2 Å². The molecule has 1 aromatic carbocycles. The van der Waals surface area contributed by atoms with Crippen molar-refractivity contribution < 1.29 is 9.66 Å². The quantitative estimate of drug-likeness (QED) is 0.644. The van der Waals surface area contributed by atoms with Crippen LogP contribution in [0.1, 0.15) is 19.8 Å². The van der Waals surface area contributed by atoms with E-state index in [4.69, 9.17) is 4.74 Å². The predicted octanol–water partition coefficient (Wildman–Crippen LogP) is 2.43. The van der Waals surface area contributed by atoms with Gasteiger partial charge in [0.1, 0.15) is 5.75 Å². The highest BCUT2D eigenvalue weighted by Crippen LogP contribution is 2.29. The third kappa shape index (κ3) is 4.32. The van der Waals surface area contributed by atoms with Gasteiger partial charge in [0, 0.05) is 31.4 Å². The number of rotatable bonds is 6. The molecule has 1 fully saturated rings. The number of nitrogens with one attached hydrogen (secondary N) is 1. The van der Waals surface area contributed by atoms with Crippen LogP contribution in [0.25, 0.3) is 0 Å². The summed E-state index contributed by atoms with van der Waals surface area (Å²) in [5.74, 6) is 1.19. The molecule has 0 unspecified atom stereocenters. The number of hydrogen-bond donors (Lipinski definition) is 1. The van der Waals surface area contributed by atoms with Crippen molar-refractivity contribution in [2.75, 3.05) is 38.2 Å². The van der Waals surface area contributed by atoms with Gasteiger partial charge in [0.05, 0.1) is 17.6 Å². The van der Waals surface area contributed by atoms with Crippen LogP contribution in [0, 0.1) is 16.0 Å². The van der Waals surface area contributed by atoms with Crippen molar-refractivity contribution in [1.82, 2.24) is 5.32 Å². The Hall–Kier alpha value is -1.82. The van der Waals surface area contributed by atoms with E-state index < -0.39 is 0 Å². The summed E-state index contributed by atoms with van der Waals surface area (Å²) in [6.07, 6.45) is 2.30. The minimum atomic E-state index is -0.371. The topological polar surface area (TPSA) is 67.6 Å². The van der Waals surface area contributed by atoms with Crippen molar-refractivity contribution in [3.8, 4) is 5.75 Å². The molecule has 6 heteroatoms. The van der Waals surface area contributed by atoms with Gasteiger partial charge in [-0.15, -0.1) is 0 Å². The van der Waals surface area contributed by atoms with E-state index in [2.05, 4.69) is 10.2 Å². The van der Waals surface area contributed by atoms with Crippen LogP contribution >= 0.6 is 0 Å². The molecule has 0 atom stereocenters. The summed E-state index contributed by atoms with van der Waals surface area (Å²) in [6, 6.07) is 4.96. The van der Waals surface area contributed by atoms with Gasteiger partial charge in [0.2, 0.25) is 0 Å². The van der Waals surface area contributed by atoms with Crippen LogP contribution in [0.4, 0.5) is 11.4 Å². The predicted molar refractivity (Wildman–Crippen MR) is 83.1 cm³/mol. The van der Waals surface area contributed by atoms with Crippen molar-refractivity contribution in [2.24, 2.45) is 5.92 Å². The van der Waals surface area contributed by atoms with E-state index in [0.29, 0.717) is 18.3 Å². The van der Waals surface area contributed by atoms with Gasteiger partial charge in [0.25, 0.3) is 5.69 Å². The van der Waals surface area contributed by atoms with Crippen molar-refractivity contribution in [3.05, 3.63) is 28.3 Å². The van der Waals surface area contributed by atoms with Crippen LogP contribution in [0.15, 0.2) is 18.2 Å². The van der Waals surface area contributed by atoms with E-state index in [1.807, 2.05) is 20.0 Å². The molecule has 1 saturated heterocycles. The molecule has 1 heterocycles. The lowest BCUT2D eigenvalue weighted by molar-refractivity contribution is -0.384. The second-order valence-electron chi connectivity index (χ2n) is 5.45. The molecule has 1 N–H and O–H groups in total. The van der Waals surface area contributed by atoms with Crippen LogP contribution in [-0.2, 0) is 0 Å². The molecule has 0 bridgehead atoms. The van der Waals surface area contributed by atoms with Crippen LogP contribution in [0.5, 0.6) is 5.75 Å². The van der Waals surface area contributed by atoms with E-state index in [9.17, 15) is 10.1 Å². The first kappa shape index (κ1) is 15.6. The summed E-state index contributed by atoms with van der Waals surface area (Å²) < 4.78 is 5.44. The molecule has 0 amide bonds. The van der Waals surface area contributed by atoms with Gasteiger partial charge < -0.3 is 15.0 Å². The number of hydrogen-bond acceptors (Lipinski definition) is 5. The summed E-state index contributed by atoms with van der Waals surface area (Å²) in [4.78, 5) is 12.8. The molecule has 0 spiro atoms. The zero-order valence-corrected chi connectivity index (χ0v) is 12.7. The number of non-ortho nitro benzene ring substituents is 1. The van der Waals surface area contributed by atoms with Crippen molar-refractivity contribution in [2.45, 2.75) is 19.8 Å². The SMILES string of the molecule is CCOc1cc(N(C)CC2CCNCC2)cc([N+](=O)[O-])c1. The maximum atomic E-state index is 11.0. The van der Waals surface area contributed by atoms with E-state index in [1.54, 1.807) is 6.07 Å². The Morgan fingerprint density at radius 3 is 2.71 bits per heavy atom. The number of benzene rings is 1. The summed E-state index contributed by atoms with van der Waals surface area (Å²) in [6.45, 7) is 5.39. The lowest BCUT2D eigenvalue weighted by Gasteiger charge is -2.29. The Balaban J connectivity index is 2.13. The summed E-state index contributed by atoms with van der Waals surface area (Å²) in [5, 5.41) is 14.4. The molecule has 0 aromatic heterocycles. The molecule has 0 aliphatic carbocycles. The summed E-state index contributed by atoms with van der Waals surface area (Å²) in [7, 11) is 1.98. The Morgan fingerprint density at radius 1 is 1.38 bits per heavy atom. The van der Waals surface area contributed by atoms with Gasteiger partial charge in [-0.2, -0.15) is 0 Å². The average Bonchev–Trinajstić information content (AvgIpc) is 2.48. The van der Waals surface area contributed by atoms with Crippen LogP contribution in [-0.4, -0.2) is 38.2 Å². The van der Waals surface area contributed by atoms with E-state index in [1.165, 1.54) is 6.07 Å². The molecule has 1 aliphatic rings. The van der Waals surface area contributed by atoms with Gasteiger partial charge in [-0.3, -0.25) is 10.1 Å². The molecular weight excluding hydrogens is 270 g/mol.